The number of benzene rings is 1. The molecule has 0 bridgehead atoms. The Hall–Kier alpha value is -2.04. The molecule has 1 aromatic carbocycles. The van der Waals surface area contributed by atoms with Gasteiger partial charge in [0.15, 0.2) is 0 Å². The van der Waals surface area contributed by atoms with Crippen molar-refractivity contribution in [2.24, 2.45) is 0 Å². The number of carbonyl (C=O) groups excluding carboxylic acids is 1. The van der Waals surface area contributed by atoms with E-state index in [0.717, 1.165) is 18.4 Å². The van der Waals surface area contributed by atoms with Crippen LogP contribution < -0.4 is 10.6 Å². The molecule has 5 nitrogen and oxygen atoms in total. The Balaban J connectivity index is 2.13. The van der Waals surface area contributed by atoms with Crippen molar-refractivity contribution in [2.45, 2.75) is 25.8 Å². The van der Waals surface area contributed by atoms with E-state index in [2.05, 4.69) is 10.6 Å². The first-order chi connectivity index (χ1) is 8.06. The zero-order valence-corrected chi connectivity index (χ0v) is 9.49. The predicted octanol–water partition coefficient (Wildman–Crippen LogP) is 1.98. The third-order valence-corrected chi connectivity index (χ3v) is 2.57. The van der Waals surface area contributed by atoms with Gasteiger partial charge >= 0.3 is 12.0 Å². The lowest BCUT2D eigenvalue weighted by atomic mass is 10.1. The number of aryl methyl sites for hydroxylation is 1. The maximum atomic E-state index is 11.5. The SMILES string of the molecule is Cc1ccc(NC(=O)NC2CC2)c(C(=O)O)c1. The number of amides is 2. The van der Waals surface area contributed by atoms with E-state index in [0.29, 0.717) is 5.69 Å². The first-order valence-electron chi connectivity index (χ1n) is 5.48. The number of urea groups is 1. The summed E-state index contributed by atoms with van der Waals surface area (Å²) in [5.74, 6) is -1.05. The van der Waals surface area contributed by atoms with E-state index < -0.39 is 5.97 Å². The molecule has 0 spiro atoms. The number of nitrogens with one attached hydrogen (secondary N) is 2. The van der Waals surface area contributed by atoms with Crippen LogP contribution in [0.3, 0.4) is 0 Å². The Morgan fingerprint density at radius 1 is 1.35 bits per heavy atom. The number of hydrogen-bond donors (Lipinski definition) is 3. The molecule has 0 aliphatic heterocycles. The van der Waals surface area contributed by atoms with Gasteiger partial charge in [0.25, 0.3) is 0 Å². The van der Waals surface area contributed by atoms with E-state index in [-0.39, 0.29) is 17.6 Å². The van der Waals surface area contributed by atoms with Crippen LogP contribution in [0.5, 0.6) is 0 Å². The van der Waals surface area contributed by atoms with E-state index in [4.69, 9.17) is 5.11 Å². The summed E-state index contributed by atoms with van der Waals surface area (Å²) in [5.41, 5.74) is 1.27. The van der Waals surface area contributed by atoms with Gasteiger partial charge in [-0.25, -0.2) is 9.59 Å². The quantitative estimate of drug-likeness (QED) is 0.748. The summed E-state index contributed by atoms with van der Waals surface area (Å²) in [6, 6.07) is 4.80. The van der Waals surface area contributed by atoms with Crippen LogP contribution in [-0.2, 0) is 0 Å². The minimum Gasteiger partial charge on any atom is -0.478 e. The number of carbonyl (C=O) groups is 2. The standard InChI is InChI=1S/C12H14N2O3/c1-7-2-5-10(9(6-7)11(15)16)14-12(17)13-8-3-4-8/h2,5-6,8H,3-4H2,1H3,(H,15,16)(H2,13,14,17). The van der Waals surface area contributed by atoms with Crippen molar-refractivity contribution in [2.75, 3.05) is 5.32 Å². The van der Waals surface area contributed by atoms with E-state index in [1.807, 2.05) is 0 Å². The van der Waals surface area contributed by atoms with Gasteiger partial charge in [0.2, 0.25) is 0 Å². The normalized spacial score (nSPS) is 14.2. The summed E-state index contributed by atoms with van der Waals surface area (Å²) in [6.07, 6.45) is 1.99. The summed E-state index contributed by atoms with van der Waals surface area (Å²) in [4.78, 5) is 22.5. The number of carboxylic acid groups (broad SMARTS) is 1. The number of anilines is 1. The second-order valence-corrected chi connectivity index (χ2v) is 4.23. The molecule has 2 amide bonds. The van der Waals surface area contributed by atoms with Crippen molar-refractivity contribution < 1.29 is 14.7 Å². The highest BCUT2D eigenvalue weighted by Gasteiger charge is 2.23. The number of rotatable bonds is 3. The van der Waals surface area contributed by atoms with Gasteiger partial charge in [0.1, 0.15) is 0 Å². The van der Waals surface area contributed by atoms with Gasteiger partial charge in [-0.15, -0.1) is 0 Å². The molecule has 1 saturated carbocycles. The third-order valence-electron chi connectivity index (χ3n) is 2.57. The molecule has 1 aliphatic rings. The Labute approximate surface area is 98.8 Å². The Morgan fingerprint density at radius 3 is 2.65 bits per heavy atom. The van der Waals surface area contributed by atoms with Gasteiger partial charge in [0.05, 0.1) is 11.3 Å². The minimum absolute atomic E-state index is 0.107. The predicted molar refractivity (Wildman–Crippen MR) is 63.3 cm³/mol. The largest absolute Gasteiger partial charge is 0.478 e. The maximum Gasteiger partial charge on any atom is 0.337 e. The van der Waals surface area contributed by atoms with Crippen LogP contribution in [0, 0.1) is 6.92 Å². The van der Waals surface area contributed by atoms with Crippen molar-refractivity contribution >= 4 is 17.7 Å². The van der Waals surface area contributed by atoms with E-state index >= 15 is 0 Å². The molecule has 0 unspecified atom stereocenters. The Morgan fingerprint density at radius 2 is 2.06 bits per heavy atom. The summed E-state index contributed by atoms with van der Waals surface area (Å²) in [7, 11) is 0. The molecule has 90 valence electrons. The Kier molecular flexibility index (Phi) is 2.99. The first-order valence-corrected chi connectivity index (χ1v) is 5.48. The average molecular weight is 234 g/mol. The first kappa shape index (κ1) is 11.4. The molecule has 0 atom stereocenters. The van der Waals surface area contributed by atoms with Crippen LogP contribution >= 0.6 is 0 Å². The second-order valence-electron chi connectivity index (χ2n) is 4.23. The molecular weight excluding hydrogens is 220 g/mol. The number of aromatic carboxylic acids is 1. The van der Waals surface area contributed by atoms with Crippen molar-refractivity contribution in [3.8, 4) is 0 Å². The van der Waals surface area contributed by atoms with Crippen LogP contribution in [0.2, 0.25) is 0 Å². The van der Waals surface area contributed by atoms with E-state index in [9.17, 15) is 9.59 Å². The fourth-order valence-corrected chi connectivity index (χ4v) is 1.52. The van der Waals surface area contributed by atoms with Crippen LogP contribution in [-0.4, -0.2) is 23.1 Å². The lowest BCUT2D eigenvalue weighted by molar-refractivity contribution is 0.0698. The molecule has 0 radical (unpaired) electrons. The maximum absolute atomic E-state index is 11.5. The molecule has 3 N–H and O–H groups in total. The fourth-order valence-electron chi connectivity index (χ4n) is 1.52. The molecule has 5 heteroatoms. The van der Waals surface area contributed by atoms with Crippen LogP contribution in [0.1, 0.15) is 28.8 Å². The molecule has 1 aromatic rings. The molecule has 2 rings (SSSR count). The smallest absolute Gasteiger partial charge is 0.337 e. The monoisotopic (exact) mass is 234 g/mol. The Bertz CT molecular complexity index is 467. The summed E-state index contributed by atoms with van der Waals surface area (Å²) < 4.78 is 0. The van der Waals surface area contributed by atoms with Crippen LogP contribution in [0.25, 0.3) is 0 Å². The van der Waals surface area contributed by atoms with Crippen molar-refractivity contribution in [1.82, 2.24) is 5.32 Å². The molecule has 1 fully saturated rings. The van der Waals surface area contributed by atoms with Crippen molar-refractivity contribution in [1.29, 1.82) is 0 Å². The van der Waals surface area contributed by atoms with Crippen LogP contribution in [0.15, 0.2) is 18.2 Å². The van der Waals surface area contributed by atoms with Gasteiger partial charge in [-0.05, 0) is 31.9 Å². The third kappa shape index (κ3) is 2.96. The molecule has 0 heterocycles. The summed E-state index contributed by atoms with van der Waals surface area (Å²) >= 11 is 0. The van der Waals surface area contributed by atoms with E-state index in [1.54, 1.807) is 19.1 Å². The molecule has 0 aromatic heterocycles. The lowest BCUT2D eigenvalue weighted by Crippen LogP contribution is -2.31. The molecular formula is C12H14N2O3. The zero-order valence-electron chi connectivity index (χ0n) is 9.49. The highest BCUT2D eigenvalue weighted by atomic mass is 16.4. The lowest BCUT2D eigenvalue weighted by Gasteiger charge is -2.09. The average Bonchev–Trinajstić information content (AvgIpc) is 3.04. The van der Waals surface area contributed by atoms with Crippen molar-refractivity contribution in [3.63, 3.8) is 0 Å². The van der Waals surface area contributed by atoms with Gasteiger partial charge in [-0.2, -0.15) is 0 Å². The highest BCUT2D eigenvalue weighted by molar-refractivity contribution is 6.00. The van der Waals surface area contributed by atoms with Gasteiger partial charge in [0, 0.05) is 6.04 Å². The molecule has 0 saturated heterocycles. The van der Waals surface area contributed by atoms with E-state index in [1.165, 1.54) is 6.07 Å². The minimum atomic E-state index is -1.05. The second kappa shape index (κ2) is 4.45. The van der Waals surface area contributed by atoms with Gasteiger partial charge in [-0.1, -0.05) is 11.6 Å². The number of carboxylic acids is 1. The number of hydrogen-bond acceptors (Lipinski definition) is 2. The summed E-state index contributed by atoms with van der Waals surface area (Å²) in [6.45, 7) is 1.81. The fraction of sp³-hybridized carbons (Fsp3) is 0.333. The summed E-state index contributed by atoms with van der Waals surface area (Å²) in [5, 5.41) is 14.3. The molecule has 17 heavy (non-hydrogen) atoms. The molecule has 1 aliphatic carbocycles. The van der Waals surface area contributed by atoms with Crippen molar-refractivity contribution in [3.05, 3.63) is 29.3 Å². The highest BCUT2D eigenvalue weighted by Crippen LogP contribution is 2.20. The van der Waals surface area contributed by atoms with Gasteiger partial charge in [-0.3, -0.25) is 0 Å². The van der Waals surface area contributed by atoms with Crippen LogP contribution in [0.4, 0.5) is 10.5 Å². The van der Waals surface area contributed by atoms with Gasteiger partial charge < -0.3 is 15.7 Å². The zero-order chi connectivity index (χ0) is 12.4. The topological polar surface area (TPSA) is 78.4 Å².